The molecule has 0 aliphatic rings. The van der Waals surface area contributed by atoms with Gasteiger partial charge in [0.25, 0.3) is 0 Å². The van der Waals surface area contributed by atoms with Gasteiger partial charge in [0.05, 0.1) is 8.07 Å². The first kappa shape index (κ1) is 30.5. The maximum absolute atomic E-state index is 13.8. The summed E-state index contributed by atoms with van der Waals surface area (Å²) in [5, 5.41) is 3.30. The van der Waals surface area contributed by atoms with Crippen LogP contribution in [-0.2, 0) is 20.1 Å². The summed E-state index contributed by atoms with van der Waals surface area (Å²) in [4.78, 5) is 9.12. The van der Waals surface area contributed by atoms with Crippen LogP contribution in [0.2, 0.25) is 19.6 Å². The van der Waals surface area contributed by atoms with Crippen LogP contribution in [0.25, 0.3) is 53.8 Å². The Labute approximate surface area is 300 Å². The van der Waals surface area contributed by atoms with Crippen LogP contribution in [0.4, 0.5) is 4.39 Å². The van der Waals surface area contributed by atoms with E-state index in [9.17, 15) is 4.39 Å². The van der Waals surface area contributed by atoms with E-state index in [0.717, 1.165) is 48.3 Å². The molecule has 1 radical (unpaired) electrons. The molecule has 0 aliphatic heterocycles. The summed E-state index contributed by atoms with van der Waals surface area (Å²) in [6.45, 7) is 11.2. The van der Waals surface area contributed by atoms with Crippen molar-refractivity contribution < 1.29 is 28.6 Å². The van der Waals surface area contributed by atoms with E-state index in [-0.39, 0.29) is 25.9 Å². The molecule has 0 fully saturated rings. The van der Waals surface area contributed by atoms with Gasteiger partial charge in [0, 0.05) is 41.3 Å². The standard InChI is InChI=1S/C26H19FNS.C15H18NSi.Ir/c1-15-11-16(2)25(17(3)12-15)18-9-10-28-23(13-18)21-6-4-5-20-22-14-19(27)7-8-24(22)29-26(20)21;1-12-5-7-13(8-6-12)15-10-9-14(11-16-15)17(2,3)4;/h4-5,7-14H,1-3H3;5-7,9-11H,1-4H3;/q2*-1;/i;1D3;. The molecule has 4 aromatic carbocycles. The molecule has 0 saturated heterocycles. The largest absolute Gasteiger partial charge is 0.305 e. The van der Waals surface area contributed by atoms with E-state index in [1.165, 1.54) is 39.6 Å². The Morgan fingerprint density at radius 3 is 2.23 bits per heavy atom. The molecule has 7 rings (SSSR count). The molecule has 2 nitrogen and oxygen atoms in total. The molecular formula is C41H37FIrN2SSi-2. The zero-order chi connectivity index (χ0) is 35.1. The first-order chi connectivity index (χ1) is 23.2. The molecule has 7 aromatic rings. The van der Waals surface area contributed by atoms with Crippen molar-refractivity contribution in [2.75, 3.05) is 0 Å². The minimum absolute atomic E-state index is 0. The van der Waals surface area contributed by atoms with Crippen LogP contribution < -0.4 is 5.19 Å². The zero-order valence-corrected chi connectivity index (χ0v) is 31.5. The topological polar surface area (TPSA) is 25.8 Å². The molecule has 0 atom stereocenters. The van der Waals surface area contributed by atoms with Gasteiger partial charge < -0.3 is 9.97 Å². The van der Waals surface area contributed by atoms with E-state index in [2.05, 4.69) is 92.8 Å². The zero-order valence-electron chi connectivity index (χ0n) is 30.3. The van der Waals surface area contributed by atoms with Crippen molar-refractivity contribution in [2.45, 2.75) is 47.3 Å². The van der Waals surface area contributed by atoms with E-state index in [1.54, 1.807) is 29.5 Å². The van der Waals surface area contributed by atoms with Gasteiger partial charge in [-0.25, -0.2) is 4.39 Å². The number of aromatic nitrogens is 2. The Balaban J connectivity index is 0.000000204. The second kappa shape index (κ2) is 14.1. The third kappa shape index (κ3) is 7.52. The molecule has 3 aromatic heterocycles. The SMILES string of the molecule is Cc1cc(C)c(-c2ccnc(-c3[c-]ccc4c3sc3ccc(F)cc34)c2)c(C)c1.[2H]C([2H])([2H])c1c[c-]c(-c2ccc([Si](C)(C)C)cn2)cc1.[Ir]. The van der Waals surface area contributed by atoms with Crippen LogP contribution >= 0.6 is 11.3 Å². The molecule has 0 N–H and O–H groups in total. The van der Waals surface area contributed by atoms with E-state index in [0.29, 0.717) is 5.56 Å². The Morgan fingerprint density at radius 2 is 1.57 bits per heavy atom. The number of hydrogen-bond donors (Lipinski definition) is 0. The summed E-state index contributed by atoms with van der Waals surface area (Å²) in [5.74, 6) is -0.211. The molecular weight excluding hydrogens is 792 g/mol. The second-order valence-corrected chi connectivity index (χ2v) is 18.8. The fourth-order valence-electron chi connectivity index (χ4n) is 5.84. The summed E-state index contributed by atoms with van der Waals surface area (Å²) in [5.41, 5.74) is 10.0. The molecule has 0 aliphatic carbocycles. The Kier molecular flexibility index (Phi) is 9.18. The number of fused-ring (bicyclic) bond motifs is 3. The normalized spacial score (nSPS) is 12.4. The Hall–Kier alpha value is -3.80. The quantitative estimate of drug-likeness (QED) is 0.130. The molecule has 239 valence electrons. The van der Waals surface area contributed by atoms with Crippen LogP contribution in [0, 0.1) is 45.6 Å². The van der Waals surface area contributed by atoms with Crippen LogP contribution in [-0.4, -0.2) is 18.0 Å². The number of benzene rings is 4. The number of nitrogens with zero attached hydrogens (tertiary/aromatic N) is 2. The first-order valence-corrected chi connectivity index (χ1v) is 19.6. The van der Waals surface area contributed by atoms with Crippen molar-refractivity contribution in [3.8, 4) is 33.6 Å². The number of hydrogen-bond acceptors (Lipinski definition) is 3. The summed E-state index contributed by atoms with van der Waals surface area (Å²) < 4.78 is 38.0. The number of thiophene rings is 1. The van der Waals surface area contributed by atoms with Crippen molar-refractivity contribution in [3.05, 3.63) is 138 Å². The average molecular weight is 832 g/mol. The van der Waals surface area contributed by atoms with Gasteiger partial charge in [0.15, 0.2) is 0 Å². The molecule has 3 heterocycles. The van der Waals surface area contributed by atoms with Crippen molar-refractivity contribution in [3.63, 3.8) is 0 Å². The minimum Gasteiger partial charge on any atom is -0.305 e. The maximum atomic E-state index is 13.8. The molecule has 0 bridgehead atoms. The van der Waals surface area contributed by atoms with Gasteiger partial charge >= 0.3 is 0 Å². The minimum atomic E-state index is -2.08. The van der Waals surface area contributed by atoms with Gasteiger partial charge in [-0.2, -0.15) is 11.3 Å². The molecule has 0 saturated carbocycles. The number of halogens is 1. The Morgan fingerprint density at radius 1 is 0.787 bits per heavy atom. The van der Waals surface area contributed by atoms with Crippen molar-refractivity contribution >= 4 is 44.8 Å². The van der Waals surface area contributed by atoms with Crippen molar-refractivity contribution in [1.82, 2.24) is 9.97 Å². The smallest absolute Gasteiger partial charge is 0.123 e. The van der Waals surface area contributed by atoms with Gasteiger partial charge in [0.1, 0.15) is 5.82 Å². The molecule has 0 unspecified atom stereocenters. The summed E-state index contributed by atoms with van der Waals surface area (Å²) in [6.07, 6.45) is 3.79. The predicted octanol–water partition coefficient (Wildman–Crippen LogP) is 11.0. The average Bonchev–Trinajstić information content (AvgIpc) is 3.42. The van der Waals surface area contributed by atoms with E-state index in [4.69, 9.17) is 4.11 Å². The maximum Gasteiger partial charge on any atom is 0.123 e. The van der Waals surface area contributed by atoms with Crippen LogP contribution in [0.15, 0.2) is 97.3 Å². The van der Waals surface area contributed by atoms with Crippen molar-refractivity contribution in [1.29, 1.82) is 0 Å². The predicted molar refractivity (Wildman–Crippen MR) is 197 cm³/mol. The van der Waals surface area contributed by atoms with Crippen molar-refractivity contribution in [2.24, 2.45) is 0 Å². The number of aryl methyl sites for hydroxylation is 4. The third-order valence-electron chi connectivity index (χ3n) is 8.09. The van der Waals surface area contributed by atoms with Gasteiger partial charge in [-0.15, -0.1) is 59.2 Å². The van der Waals surface area contributed by atoms with Gasteiger partial charge in [0.2, 0.25) is 0 Å². The number of rotatable bonds is 4. The molecule has 0 amide bonds. The number of pyridine rings is 2. The second-order valence-electron chi connectivity index (χ2n) is 12.7. The van der Waals surface area contributed by atoms with Gasteiger partial charge in [-0.3, -0.25) is 0 Å². The first-order valence-electron chi connectivity index (χ1n) is 16.8. The summed E-state index contributed by atoms with van der Waals surface area (Å²) in [7, 11) is -1.34. The summed E-state index contributed by atoms with van der Waals surface area (Å²) in [6, 6.07) is 32.9. The van der Waals surface area contributed by atoms with E-state index >= 15 is 0 Å². The van der Waals surface area contributed by atoms with E-state index in [1.807, 2.05) is 36.7 Å². The monoisotopic (exact) mass is 832 g/mol. The molecule has 0 spiro atoms. The van der Waals surface area contributed by atoms with Crippen LogP contribution in [0.5, 0.6) is 0 Å². The summed E-state index contributed by atoms with van der Waals surface area (Å²) >= 11 is 1.66. The van der Waals surface area contributed by atoms with Gasteiger partial charge in [-0.1, -0.05) is 67.8 Å². The van der Waals surface area contributed by atoms with Crippen LogP contribution in [0.3, 0.4) is 0 Å². The fourth-order valence-corrected chi connectivity index (χ4v) is 8.07. The Bertz CT molecular complexity index is 2220. The van der Waals surface area contributed by atoms with E-state index < -0.39 is 14.9 Å². The fraction of sp³-hybridized carbons (Fsp3) is 0.171. The third-order valence-corrected chi connectivity index (χ3v) is 11.3. The molecule has 47 heavy (non-hydrogen) atoms. The van der Waals surface area contributed by atoms with Crippen LogP contribution in [0.1, 0.15) is 26.4 Å². The van der Waals surface area contributed by atoms with Gasteiger partial charge in [-0.05, 0) is 94.0 Å². The molecule has 6 heteroatoms.